The summed E-state index contributed by atoms with van der Waals surface area (Å²) in [5.74, 6) is -0.875. The number of carbonyl (C=O) groups is 3. The van der Waals surface area contributed by atoms with Gasteiger partial charge in [0.1, 0.15) is 13.2 Å². The standard InChI is InChI=1S/C65H116O6/c1-4-7-10-13-16-19-22-24-26-28-29-30-31-32-33-34-35-37-38-40-43-46-49-52-55-58-64(67)70-61-62(60-69-63(66)57-54-51-48-45-42-21-18-15-12-9-6-3)71-65(68)59-56-53-50-47-44-41-39-36-27-25-23-20-17-14-11-8-5-2/h17,20,22,24-25,27-29,31-32,62H,4-16,18-19,21,23,26,30,33-61H2,1-3H3/b20-17-,24-22-,27-25-,29-28-,32-31-. The lowest BCUT2D eigenvalue weighted by atomic mass is 10.0. The lowest BCUT2D eigenvalue weighted by Crippen LogP contribution is -2.30. The van der Waals surface area contributed by atoms with Crippen LogP contribution in [0, 0.1) is 0 Å². The fraction of sp³-hybridized carbons (Fsp3) is 0.800. The van der Waals surface area contributed by atoms with Crippen LogP contribution in [0.3, 0.4) is 0 Å². The van der Waals surface area contributed by atoms with E-state index in [1.165, 1.54) is 193 Å². The van der Waals surface area contributed by atoms with Gasteiger partial charge in [-0.05, 0) is 89.9 Å². The molecule has 0 bridgehead atoms. The Hall–Kier alpha value is -2.89. The third-order valence-corrected chi connectivity index (χ3v) is 13.5. The summed E-state index contributed by atoms with van der Waals surface area (Å²) in [6, 6.07) is 0. The van der Waals surface area contributed by atoms with E-state index >= 15 is 0 Å². The Morgan fingerprint density at radius 1 is 0.282 bits per heavy atom. The fourth-order valence-corrected chi connectivity index (χ4v) is 8.83. The van der Waals surface area contributed by atoms with Crippen LogP contribution in [0.5, 0.6) is 0 Å². The Balaban J connectivity index is 4.27. The second-order valence-electron chi connectivity index (χ2n) is 20.6. The number of esters is 3. The topological polar surface area (TPSA) is 78.9 Å². The number of carbonyl (C=O) groups excluding carboxylic acids is 3. The van der Waals surface area contributed by atoms with Crippen molar-refractivity contribution in [1.82, 2.24) is 0 Å². The molecule has 0 aliphatic carbocycles. The predicted octanol–water partition coefficient (Wildman–Crippen LogP) is 20.8. The van der Waals surface area contributed by atoms with Gasteiger partial charge in [0.05, 0.1) is 0 Å². The molecule has 6 nitrogen and oxygen atoms in total. The van der Waals surface area contributed by atoms with Crippen molar-refractivity contribution in [2.24, 2.45) is 0 Å². The van der Waals surface area contributed by atoms with E-state index in [9.17, 15) is 14.4 Å². The van der Waals surface area contributed by atoms with Crippen LogP contribution >= 0.6 is 0 Å². The average Bonchev–Trinajstić information content (AvgIpc) is 3.37. The highest BCUT2D eigenvalue weighted by molar-refractivity contribution is 5.71. The Morgan fingerprint density at radius 2 is 0.507 bits per heavy atom. The van der Waals surface area contributed by atoms with E-state index < -0.39 is 6.10 Å². The fourth-order valence-electron chi connectivity index (χ4n) is 8.83. The molecule has 0 radical (unpaired) electrons. The molecule has 0 N–H and O–H groups in total. The number of hydrogen-bond donors (Lipinski definition) is 0. The van der Waals surface area contributed by atoms with Gasteiger partial charge in [-0.3, -0.25) is 14.4 Å². The summed E-state index contributed by atoms with van der Waals surface area (Å²) in [7, 11) is 0. The number of unbranched alkanes of at least 4 members (excludes halogenated alkanes) is 35. The van der Waals surface area contributed by atoms with Crippen LogP contribution in [0.2, 0.25) is 0 Å². The van der Waals surface area contributed by atoms with Crippen LogP contribution in [0.15, 0.2) is 60.8 Å². The van der Waals surface area contributed by atoms with Crippen LogP contribution in [-0.2, 0) is 28.6 Å². The summed E-state index contributed by atoms with van der Waals surface area (Å²) in [6.45, 7) is 6.62. The largest absolute Gasteiger partial charge is 0.462 e. The maximum absolute atomic E-state index is 12.9. The molecule has 0 heterocycles. The predicted molar refractivity (Wildman–Crippen MR) is 307 cm³/mol. The van der Waals surface area contributed by atoms with E-state index in [2.05, 4.69) is 81.5 Å². The summed E-state index contributed by atoms with van der Waals surface area (Å²) in [5.41, 5.74) is 0. The smallest absolute Gasteiger partial charge is 0.306 e. The van der Waals surface area contributed by atoms with Gasteiger partial charge in [-0.1, -0.05) is 268 Å². The molecule has 412 valence electrons. The monoisotopic (exact) mass is 993 g/mol. The van der Waals surface area contributed by atoms with E-state index in [1.807, 2.05) is 0 Å². The number of allylic oxidation sites excluding steroid dienone is 10. The van der Waals surface area contributed by atoms with Gasteiger partial charge in [-0.15, -0.1) is 0 Å². The van der Waals surface area contributed by atoms with Gasteiger partial charge in [0, 0.05) is 19.3 Å². The van der Waals surface area contributed by atoms with Crippen molar-refractivity contribution >= 4 is 17.9 Å². The molecule has 0 aliphatic heterocycles. The van der Waals surface area contributed by atoms with Gasteiger partial charge in [-0.2, -0.15) is 0 Å². The molecule has 0 aromatic rings. The van der Waals surface area contributed by atoms with E-state index in [0.717, 1.165) is 83.5 Å². The first-order chi connectivity index (χ1) is 35.0. The molecule has 0 rings (SSSR count). The molecule has 0 aromatic heterocycles. The summed E-state index contributed by atoms with van der Waals surface area (Å²) in [4.78, 5) is 38.2. The normalized spacial score (nSPS) is 12.4. The van der Waals surface area contributed by atoms with Crippen LogP contribution in [-0.4, -0.2) is 37.2 Å². The highest BCUT2D eigenvalue weighted by Gasteiger charge is 2.19. The minimum atomic E-state index is -0.778. The molecule has 0 amide bonds. The highest BCUT2D eigenvalue weighted by Crippen LogP contribution is 2.16. The van der Waals surface area contributed by atoms with Crippen molar-refractivity contribution in [3.05, 3.63) is 60.8 Å². The van der Waals surface area contributed by atoms with Crippen molar-refractivity contribution in [3.8, 4) is 0 Å². The van der Waals surface area contributed by atoms with Gasteiger partial charge in [0.25, 0.3) is 0 Å². The third kappa shape index (κ3) is 57.9. The average molecular weight is 994 g/mol. The second kappa shape index (κ2) is 59.7. The maximum Gasteiger partial charge on any atom is 0.306 e. The first-order valence-corrected chi connectivity index (χ1v) is 30.8. The molecule has 6 heteroatoms. The van der Waals surface area contributed by atoms with E-state index in [0.29, 0.717) is 19.3 Å². The van der Waals surface area contributed by atoms with Crippen molar-refractivity contribution in [2.45, 2.75) is 322 Å². The molecule has 0 saturated heterocycles. The van der Waals surface area contributed by atoms with Gasteiger partial charge in [-0.25, -0.2) is 0 Å². The van der Waals surface area contributed by atoms with E-state index in [4.69, 9.17) is 14.2 Å². The molecule has 1 atom stereocenters. The minimum Gasteiger partial charge on any atom is -0.462 e. The zero-order valence-corrected chi connectivity index (χ0v) is 47.2. The van der Waals surface area contributed by atoms with Crippen molar-refractivity contribution in [2.75, 3.05) is 13.2 Å². The first-order valence-electron chi connectivity index (χ1n) is 30.8. The van der Waals surface area contributed by atoms with Crippen molar-refractivity contribution in [1.29, 1.82) is 0 Å². The third-order valence-electron chi connectivity index (χ3n) is 13.5. The molecule has 0 fully saturated rings. The van der Waals surface area contributed by atoms with E-state index in [1.54, 1.807) is 0 Å². The van der Waals surface area contributed by atoms with Crippen LogP contribution in [0.25, 0.3) is 0 Å². The number of rotatable bonds is 56. The summed E-state index contributed by atoms with van der Waals surface area (Å²) < 4.78 is 16.9. The number of hydrogen-bond acceptors (Lipinski definition) is 6. The summed E-state index contributed by atoms with van der Waals surface area (Å²) in [5, 5.41) is 0. The first kappa shape index (κ1) is 68.1. The van der Waals surface area contributed by atoms with Crippen LogP contribution < -0.4 is 0 Å². The highest BCUT2D eigenvalue weighted by atomic mass is 16.6. The van der Waals surface area contributed by atoms with Gasteiger partial charge in [0.2, 0.25) is 0 Å². The lowest BCUT2D eigenvalue weighted by molar-refractivity contribution is -0.167. The SMILES string of the molecule is CCCCC/C=C\C/C=C\CCCCCCCCCC(=O)OC(COC(=O)CCCCCCCCCCCCC)COC(=O)CCCCCCCCCCCC/C=C\C/C=C\C/C=C\CCCCCCC. The number of ether oxygens (including phenoxy) is 3. The molecule has 0 spiro atoms. The molecular weight excluding hydrogens is 877 g/mol. The van der Waals surface area contributed by atoms with Crippen LogP contribution in [0.1, 0.15) is 316 Å². The van der Waals surface area contributed by atoms with Gasteiger partial charge >= 0.3 is 17.9 Å². The Morgan fingerprint density at radius 3 is 0.817 bits per heavy atom. The zero-order chi connectivity index (χ0) is 51.4. The Bertz CT molecular complexity index is 1280. The quantitative estimate of drug-likeness (QED) is 0.0261. The maximum atomic E-state index is 12.9. The molecule has 1 unspecified atom stereocenters. The Kier molecular flexibility index (Phi) is 57.2. The molecule has 0 saturated carbocycles. The second-order valence-corrected chi connectivity index (χ2v) is 20.6. The van der Waals surface area contributed by atoms with Gasteiger partial charge in [0.15, 0.2) is 6.10 Å². The molecule has 0 aliphatic rings. The summed E-state index contributed by atoms with van der Waals surface area (Å²) in [6.07, 6.45) is 75.0. The summed E-state index contributed by atoms with van der Waals surface area (Å²) >= 11 is 0. The molecule has 0 aromatic carbocycles. The van der Waals surface area contributed by atoms with Gasteiger partial charge < -0.3 is 14.2 Å². The lowest BCUT2D eigenvalue weighted by Gasteiger charge is -2.18. The molecule has 71 heavy (non-hydrogen) atoms. The van der Waals surface area contributed by atoms with Crippen molar-refractivity contribution in [3.63, 3.8) is 0 Å². The van der Waals surface area contributed by atoms with E-state index in [-0.39, 0.29) is 31.1 Å². The van der Waals surface area contributed by atoms with Crippen molar-refractivity contribution < 1.29 is 28.6 Å². The minimum absolute atomic E-state index is 0.0759. The molecular formula is C65H116O6. The zero-order valence-electron chi connectivity index (χ0n) is 47.2. The Labute approximate surface area is 440 Å². The van der Waals surface area contributed by atoms with Crippen LogP contribution in [0.4, 0.5) is 0 Å².